The summed E-state index contributed by atoms with van der Waals surface area (Å²) in [5, 5.41) is 8.81. The Morgan fingerprint density at radius 2 is 2.05 bits per heavy atom. The number of allylic oxidation sites excluding steroid dienone is 1. The van der Waals surface area contributed by atoms with Gasteiger partial charge < -0.3 is 14.6 Å². The van der Waals surface area contributed by atoms with Crippen LogP contribution in [0.3, 0.4) is 0 Å². The van der Waals surface area contributed by atoms with Gasteiger partial charge in [0, 0.05) is 7.11 Å². The average Bonchev–Trinajstić information content (AvgIpc) is 2.40. The number of methoxy groups -OCH3 is 1. The fourth-order valence-electron chi connectivity index (χ4n) is 1.67. The van der Waals surface area contributed by atoms with Gasteiger partial charge in [0.2, 0.25) is 0 Å². The molecule has 0 rings (SSSR count). The molecule has 110 valence electrons. The number of aliphatic hydroxyl groups is 1. The Balaban J connectivity index is 4.52. The van der Waals surface area contributed by atoms with E-state index in [9.17, 15) is 0 Å². The highest BCUT2D eigenvalue weighted by atomic mass is 16.7. The van der Waals surface area contributed by atoms with Gasteiger partial charge in [0.05, 0.1) is 6.61 Å². The van der Waals surface area contributed by atoms with Crippen molar-refractivity contribution in [1.29, 1.82) is 0 Å². The van der Waals surface area contributed by atoms with Crippen LogP contribution in [0, 0.1) is 11.8 Å². The van der Waals surface area contributed by atoms with Crippen LogP contribution >= 0.6 is 0 Å². The lowest BCUT2D eigenvalue weighted by Gasteiger charge is -2.23. The van der Waals surface area contributed by atoms with E-state index >= 15 is 0 Å². The molecular formula is C16H28O3. The second-order valence-corrected chi connectivity index (χ2v) is 4.91. The number of unbranched alkanes of at least 4 members (excludes halogenated alkanes) is 3. The van der Waals surface area contributed by atoms with Crippen molar-refractivity contribution in [3.8, 4) is 11.8 Å². The van der Waals surface area contributed by atoms with E-state index in [1.807, 2.05) is 13.8 Å². The zero-order valence-electron chi connectivity index (χ0n) is 12.8. The Labute approximate surface area is 118 Å². The molecule has 0 aliphatic carbocycles. The summed E-state index contributed by atoms with van der Waals surface area (Å²) < 4.78 is 10.7. The van der Waals surface area contributed by atoms with E-state index in [1.54, 1.807) is 13.2 Å². The Morgan fingerprint density at radius 1 is 1.32 bits per heavy atom. The fraction of sp³-hybridized carbons (Fsp3) is 0.750. The Kier molecular flexibility index (Phi) is 10.6. The smallest absolute Gasteiger partial charge is 0.148 e. The molecule has 1 N–H and O–H groups in total. The van der Waals surface area contributed by atoms with Crippen LogP contribution in [0.4, 0.5) is 0 Å². The van der Waals surface area contributed by atoms with Crippen LogP contribution in [0.25, 0.3) is 0 Å². The first-order valence-corrected chi connectivity index (χ1v) is 7.01. The maximum absolute atomic E-state index is 8.81. The van der Waals surface area contributed by atoms with Crippen LogP contribution in [0.1, 0.15) is 52.9 Å². The van der Waals surface area contributed by atoms with E-state index < -0.39 is 5.60 Å². The molecule has 19 heavy (non-hydrogen) atoms. The quantitative estimate of drug-likeness (QED) is 0.396. The second kappa shape index (κ2) is 11.0. The van der Waals surface area contributed by atoms with E-state index in [0.29, 0.717) is 0 Å². The molecule has 0 spiro atoms. The molecular weight excluding hydrogens is 240 g/mol. The summed E-state index contributed by atoms with van der Waals surface area (Å²) in [6.45, 7) is 6.35. The molecule has 0 fully saturated rings. The van der Waals surface area contributed by atoms with Crippen molar-refractivity contribution in [2.75, 3.05) is 20.5 Å². The minimum absolute atomic E-state index is 0.0205. The molecule has 0 heterocycles. The first kappa shape index (κ1) is 18.2. The third-order valence-electron chi connectivity index (χ3n) is 2.92. The summed E-state index contributed by atoms with van der Waals surface area (Å²) >= 11 is 0. The number of ether oxygens (including phenoxy) is 2. The van der Waals surface area contributed by atoms with E-state index in [1.165, 1.54) is 19.3 Å². The third kappa shape index (κ3) is 9.72. The minimum Gasteiger partial charge on any atom is -0.392 e. The van der Waals surface area contributed by atoms with Gasteiger partial charge in [0.25, 0.3) is 0 Å². The van der Waals surface area contributed by atoms with Crippen LogP contribution in [-0.4, -0.2) is 31.2 Å². The summed E-state index contributed by atoms with van der Waals surface area (Å²) in [6, 6.07) is 0. The lowest BCUT2D eigenvalue weighted by atomic mass is 9.97. The molecule has 0 amide bonds. The first-order chi connectivity index (χ1) is 9.08. The van der Waals surface area contributed by atoms with Crippen molar-refractivity contribution in [3.63, 3.8) is 0 Å². The van der Waals surface area contributed by atoms with Crippen molar-refractivity contribution < 1.29 is 14.6 Å². The fourth-order valence-corrected chi connectivity index (χ4v) is 1.67. The summed E-state index contributed by atoms with van der Waals surface area (Å²) in [5.74, 6) is 6.21. The van der Waals surface area contributed by atoms with Gasteiger partial charge in [-0.3, -0.25) is 0 Å². The molecule has 0 saturated carbocycles. The van der Waals surface area contributed by atoms with Gasteiger partial charge in [-0.05, 0) is 38.3 Å². The molecule has 0 bridgehead atoms. The monoisotopic (exact) mass is 268 g/mol. The maximum Gasteiger partial charge on any atom is 0.148 e. The van der Waals surface area contributed by atoms with E-state index in [2.05, 4.69) is 18.8 Å². The molecule has 1 unspecified atom stereocenters. The lowest BCUT2D eigenvalue weighted by molar-refractivity contribution is -0.0990. The first-order valence-electron chi connectivity index (χ1n) is 7.01. The SMILES string of the molecule is CCCCCCC(C)(C#C/C(C)=C\CO)OCOC. The Bertz CT molecular complexity index is 312. The van der Waals surface area contributed by atoms with E-state index in [0.717, 1.165) is 18.4 Å². The standard InChI is InChI=1S/C16H28O3/c1-5-6-7-8-11-16(3,19-14-18-4)12-9-15(2)10-13-17/h10,17H,5-8,11,13-14H2,1-4H3/b15-10-. The normalized spacial score (nSPS) is 14.7. The van der Waals surface area contributed by atoms with Gasteiger partial charge in [0.1, 0.15) is 12.4 Å². The number of hydrogen-bond acceptors (Lipinski definition) is 3. The molecule has 3 nitrogen and oxygen atoms in total. The molecule has 0 saturated heterocycles. The van der Waals surface area contributed by atoms with Gasteiger partial charge in [-0.25, -0.2) is 0 Å². The van der Waals surface area contributed by atoms with E-state index in [-0.39, 0.29) is 13.4 Å². The van der Waals surface area contributed by atoms with Crippen molar-refractivity contribution >= 4 is 0 Å². The van der Waals surface area contributed by atoms with Gasteiger partial charge in [-0.2, -0.15) is 0 Å². The van der Waals surface area contributed by atoms with Gasteiger partial charge >= 0.3 is 0 Å². The topological polar surface area (TPSA) is 38.7 Å². The molecule has 1 atom stereocenters. The minimum atomic E-state index is -0.478. The Morgan fingerprint density at radius 3 is 2.63 bits per heavy atom. The number of hydrogen-bond donors (Lipinski definition) is 1. The van der Waals surface area contributed by atoms with Crippen LogP contribution in [0.15, 0.2) is 11.6 Å². The second-order valence-electron chi connectivity index (χ2n) is 4.91. The number of rotatable bonds is 9. The largest absolute Gasteiger partial charge is 0.392 e. The summed E-state index contributed by atoms with van der Waals surface area (Å²) in [7, 11) is 1.61. The Hall–Kier alpha value is -0.820. The molecule has 0 radical (unpaired) electrons. The molecule has 0 aromatic carbocycles. The van der Waals surface area contributed by atoms with Crippen LogP contribution in [0.5, 0.6) is 0 Å². The van der Waals surface area contributed by atoms with Crippen LogP contribution < -0.4 is 0 Å². The summed E-state index contributed by atoms with van der Waals surface area (Å²) in [4.78, 5) is 0. The summed E-state index contributed by atoms with van der Waals surface area (Å²) in [5.41, 5.74) is 0.386. The average molecular weight is 268 g/mol. The van der Waals surface area contributed by atoms with Gasteiger partial charge in [-0.15, -0.1) is 0 Å². The van der Waals surface area contributed by atoms with Crippen molar-refractivity contribution in [2.45, 2.75) is 58.5 Å². The van der Waals surface area contributed by atoms with Crippen molar-refractivity contribution in [2.24, 2.45) is 0 Å². The zero-order valence-corrected chi connectivity index (χ0v) is 12.8. The maximum atomic E-state index is 8.81. The third-order valence-corrected chi connectivity index (χ3v) is 2.92. The van der Waals surface area contributed by atoms with Crippen molar-refractivity contribution in [3.05, 3.63) is 11.6 Å². The predicted molar refractivity (Wildman–Crippen MR) is 78.7 cm³/mol. The molecule has 0 aromatic heterocycles. The summed E-state index contributed by atoms with van der Waals surface area (Å²) in [6.07, 6.45) is 7.37. The zero-order chi connectivity index (χ0) is 14.6. The molecule has 0 aliphatic rings. The van der Waals surface area contributed by atoms with Crippen LogP contribution in [-0.2, 0) is 9.47 Å². The van der Waals surface area contributed by atoms with E-state index in [4.69, 9.17) is 14.6 Å². The molecule has 3 heteroatoms. The highest BCUT2D eigenvalue weighted by Crippen LogP contribution is 2.19. The molecule has 0 aliphatic heterocycles. The van der Waals surface area contributed by atoms with Gasteiger partial charge in [0.15, 0.2) is 0 Å². The highest BCUT2D eigenvalue weighted by molar-refractivity contribution is 5.30. The predicted octanol–water partition coefficient (Wildman–Crippen LogP) is 3.28. The lowest BCUT2D eigenvalue weighted by Crippen LogP contribution is -2.28. The highest BCUT2D eigenvalue weighted by Gasteiger charge is 2.21. The van der Waals surface area contributed by atoms with Crippen LogP contribution in [0.2, 0.25) is 0 Å². The van der Waals surface area contributed by atoms with Gasteiger partial charge in [-0.1, -0.05) is 38.0 Å². The number of aliphatic hydroxyl groups excluding tert-OH is 1. The van der Waals surface area contributed by atoms with Crippen molar-refractivity contribution in [1.82, 2.24) is 0 Å². The molecule has 0 aromatic rings.